The highest BCUT2D eigenvalue weighted by Gasteiger charge is 2.35. The van der Waals surface area contributed by atoms with Gasteiger partial charge in [0.25, 0.3) is 5.91 Å². The second-order valence-electron chi connectivity index (χ2n) is 7.79. The molecule has 0 spiro atoms. The summed E-state index contributed by atoms with van der Waals surface area (Å²) in [5, 5.41) is 11.3. The van der Waals surface area contributed by atoms with Gasteiger partial charge < -0.3 is 15.2 Å². The van der Waals surface area contributed by atoms with Gasteiger partial charge in [0.2, 0.25) is 0 Å². The van der Waals surface area contributed by atoms with Crippen molar-refractivity contribution in [2.24, 2.45) is 5.92 Å². The van der Waals surface area contributed by atoms with Gasteiger partial charge >= 0.3 is 12.1 Å². The van der Waals surface area contributed by atoms with Gasteiger partial charge in [0.05, 0.1) is 0 Å². The molecule has 0 radical (unpaired) electrons. The SMILES string of the molecule is O=C(O)CONC(=O)C(NC(=O)OCC1c2ccccc2-c2ccccc21)C1CCC1. The number of benzene rings is 2. The van der Waals surface area contributed by atoms with Crippen LogP contribution in [0, 0.1) is 5.92 Å². The normalized spacial score (nSPS) is 15.9. The van der Waals surface area contributed by atoms with Crippen LogP contribution in [0.5, 0.6) is 0 Å². The summed E-state index contributed by atoms with van der Waals surface area (Å²) in [6.07, 6.45) is 1.87. The quantitative estimate of drug-likeness (QED) is 0.562. The first-order valence-electron chi connectivity index (χ1n) is 10.3. The van der Waals surface area contributed by atoms with Crippen LogP contribution in [-0.2, 0) is 19.2 Å². The van der Waals surface area contributed by atoms with Gasteiger partial charge in [-0.15, -0.1) is 0 Å². The third kappa shape index (κ3) is 4.54. The number of ether oxygens (including phenoxy) is 1. The number of fused-ring (bicyclic) bond motifs is 3. The van der Waals surface area contributed by atoms with E-state index in [4.69, 9.17) is 9.84 Å². The maximum Gasteiger partial charge on any atom is 0.407 e. The van der Waals surface area contributed by atoms with Crippen LogP contribution in [0.25, 0.3) is 11.1 Å². The summed E-state index contributed by atoms with van der Waals surface area (Å²) in [5.41, 5.74) is 6.58. The Balaban J connectivity index is 1.39. The number of nitrogens with one attached hydrogen (secondary N) is 2. The lowest BCUT2D eigenvalue weighted by atomic mass is 9.79. The van der Waals surface area contributed by atoms with Crippen LogP contribution in [0.4, 0.5) is 4.79 Å². The molecule has 0 heterocycles. The maximum atomic E-state index is 12.5. The number of amides is 2. The maximum absolute atomic E-state index is 12.5. The summed E-state index contributed by atoms with van der Waals surface area (Å²) in [6, 6.07) is 15.2. The molecule has 2 aromatic carbocycles. The van der Waals surface area contributed by atoms with Crippen molar-refractivity contribution in [2.75, 3.05) is 13.2 Å². The average molecular weight is 424 g/mol. The lowest BCUT2D eigenvalue weighted by molar-refractivity contribution is -0.150. The van der Waals surface area contributed by atoms with Gasteiger partial charge in [0, 0.05) is 5.92 Å². The molecule has 31 heavy (non-hydrogen) atoms. The Kier molecular flexibility index (Phi) is 6.18. The van der Waals surface area contributed by atoms with E-state index in [1.807, 2.05) is 36.4 Å². The summed E-state index contributed by atoms with van der Waals surface area (Å²) in [4.78, 5) is 40.1. The fourth-order valence-electron chi connectivity index (χ4n) is 4.17. The van der Waals surface area contributed by atoms with Crippen molar-refractivity contribution in [3.63, 3.8) is 0 Å². The smallest absolute Gasteiger partial charge is 0.407 e. The van der Waals surface area contributed by atoms with Crippen molar-refractivity contribution in [1.29, 1.82) is 0 Å². The largest absolute Gasteiger partial charge is 0.479 e. The number of aliphatic carboxylic acids is 1. The molecule has 4 rings (SSSR count). The van der Waals surface area contributed by atoms with Gasteiger partial charge in [0.1, 0.15) is 12.6 Å². The van der Waals surface area contributed by atoms with Crippen molar-refractivity contribution in [1.82, 2.24) is 10.8 Å². The minimum atomic E-state index is -1.20. The minimum absolute atomic E-state index is 0.0334. The van der Waals surface area contributed by atoms with Crippen LogP contribution in [0.15, 0.2) is 48.5 Å². The molecule has 1 fully saturated rings. The molecular weight excluding hydrogens is 400 g/mol. The van der Waals surface area contributed by atoms with Crippen molar-refractivity contribution in [3.8, 4) is 11.1 Å². The third-order valence-electron chi connectivity index (χ3n) is 5.89. The van der Waals surface area contributed by atoms with Gasteiger partial charge in [-0.2, -0.15) is 0 Å². The molecule has 2 aromatic rings. The van der Waals surface area contributed by atoms with Crippen LogP contribution in [0.1, 0.15) is 36.3 Å². The van der Waals surface area contributed by atoms with Gasteiger partial charge in [-0.3, -0.25) is 9.63 Å². The van der Waals surface area contributed by atoms with E-state index >= 15 is 0 Å². The molecule has 0 bridgehead atoms. The van der Waals surface area contributed by atoms with Gasteiger partial charge in [0.15, 0.2) is 6.61 Å². The number of rotatable bonds is 8. The van der Waals surface area contributed by atoms with E-state index in [1.165, 1.54) is 0 Å². The Morgan fingerprint density at radius 1 is 1.00 bits per heavy atom. The van der Waals surface area contributed by atoms with Gasteiger partial charge in [-0.1, -0.05) is 55.0 Å². The molecule has 1 unspecified atom stereocenters. The summed E-state index contributed by atoms with van der Waals surface area (Å²) >= 11 is 0. The molecule has 0 aliphatic heterocycles. The lowest BCUT2D eigenvalue weighted by Crippen LogP contribution is -2.53. The van der Waals surface area contributed by atoms with E-state index in [9.17, 15) is 14.4 Å². The van der Waals surface area contributed by atoms with E-state index in [0.717, 1.165) is 41.5 Å². The zero-order valence-electron chi connectivity index (χ0n) is 16.9. The lowest BCUT2D eigenvalue weighted by Gasteiger charge is -2.32. The minimum Gasteiger partial charge on any atom is -0.479 e. The number of hydroxylamine groups is 1. The van der Waals surface area contributed by atoms with Crippen LogP contribution in [-0.4, -0.2) is 42.3 Å². The predicted octanol–water partition coefficient (Wildman–Crippen LogP) is 2.83. The second kappa shape index (κ2) is 9.18. The highest BCUT2D eigenvalue weighted by atomic mass is 16.7. The fourth-order valence-corrected chi connectivity index (χ4v) is 4.17. The Hall–Kier alpha value is -3.39. The molecule has 0 saturated heterocycles. The molecule has 8 heteroatoms. The third-order valence-corrected chi connectivity index (χ3v) is 5.89. The molecule has 8 nitrogen and oxygen atoms in total. The van der Waals surface area contributed by atoms with E-state index in [1.54, 1.807) is 0 Å². The second-order valence-corrected chi connectivity index (χ2v) is 7.79. The van der Waals surface area contributed by atoms with Crippen LogP contribution < -0.4 is 10.8 Å². The molecule has 2 aliphatic carbocycles. The van der Waals surface area contributed by atoms with Crippen LogP contribution in [0.3, 0.4) is 0 Å². The van der Waals surface area contributed by atoms with Crippen LogP contribution >= 0.6 is 0 Å². The van der Waals surface area contributed by atoms with Gasteiger partial charge in [-0.05, 0) is 41.0 Å². The first-order chi connectivity index (χ1) is 15.0. The molecule has 0 aromatic heterocycles. The highest BCUT2D eigenvalue weighted by molar-refractivity contribution is 5.85. The van der Waals surface area contributed by atoms with Crippen molar-refractivity contribution in [3.05, 3.63) is 59.7 Å². The number of hydrogen-bond donors (Lipinski definition) is 3. The van der Waals surface area contributed by atoms with E-state index < -0.39 is 30.6 Å². The average Bonchev–Trinajstić information content (AvgIpc) is 3.04. The molecular formula is C23H24N2O6. The number of carboxylic acid groups (broad SMARTS) is 1. The van der Waals surface area contributed by atoms with Crippen molar-refractivity contribution < 1.29 is 29.1 Å². The highest BCUT2D eigenvalue weighted by Crippen LogP contribution is 2.44. The standard InChI is InChI=1S/C23H24N2O6/c26-20(27)13-31-25-22(28)21(14-6-5-7-14)24-23(29)30-12-19-17-10-3-1-8-15(17)16-9-2-4-11-18(16)19/h1-4,8-11,14,19,21H,5-7,12-13H2,(H,24,29)(H,25,28)(H,26,27). The summed E-state index contributed by atoms with van der Waals surface area (Å²) < 4.78 is 5.52. The Morgan fingerprint density at radius 3 is 2.16 bits per heavy atom. The zero-order chi connectivity index (χ0) is 21.8. The number of hydrogen-bond acceptors (Lipinski definition) is 5. The predicted molar refractivity (Wildman–Crippen MR) is 111 cm³/mol. The van der Waals surface area contributed by atoms with Crippen molar-refractivity contribution >= 4 is 18.0 Å². The number of carbonyl (C=O) groups is 3. The molecule has 1 atom stereocenters. The zero-order valence-corrected chi connectivity index (χ0v) is 16.9. The monoisotopic (exact) mass is 424 g/mol. The van der Waals surface area contributed by atoms with E-state index in [0.29, 0.717) is 0 Å². The fraction of sp³-hybridized carbons (Fsp3) is 0.348. The molecule has 2 aliphatic rings. The first-order valence-corrected chi connectivity index (χ1v) is 10.3. The molecule has 3 N–H and O–H groups in total. The molecule has 2 amide bonds. The summed E-state index contributed by atoms with van der Waals surface area (Å²) in [7, 11) is 0. The Morgan fingerprint density at radius 2 is 1.61 bits per heavy atom. The summed E-state index contributed by atoms with van der Waals surface area (Å²) in [5.74, 6) is -1.90. The summed E-state index contributed by atoms with van der Waals surface area (Å²) in [6.45, 7) is -0.511. The number of carboxylic acids is 1. The van der Waals surface area contributed by atoms with Gasteiger partial charge in [-0.25, -0.2) is 15.1 Å². The first kappa shape index (κ1) is 20.9. The molecule has 1 saturated carbocycles. The van der Waals surface area contributed by atoms with E-state index in [-0.39, 0.29) is 18.4 Å². The van der Waals surface area contributed by atoms with E-state index in [2.05, 4.69) is 27.8 Å². The topological polar surface area (TPSA) is 114 Å². The number of carbonyl (C=O) groups excluding carboxylic acids is 2. The Bertz CT molecular complexity index is 942. The van der Waals surface area contributed by atoms with Crippen molar-refractivity contribution in [2.45, 2.75) is 31.2 Å². The Labute approximate surface area is 179 Å². The van der Waals surface area contributed by atoms with Crippen LogP contribution in [0.2, 0.25) is 0 Å². The molecule has 162 valence electrons. The number of alkyl carbamates (subject to hydrolysis) is 1.